The third-order valence-electron chi connectivity index (χ3n) is 2.50. The molecule has 0 aliphatic heterocycles. The van der Waals surface area contributed by atoms with Crippen molar-refractivity contribution in [3.63, 3.8) is 0 Å². The van der Waals surface area contributed by atoms with Gasteiger partial charge in [0.25, 0.3) is 0 Å². The first-order valence-corrected chi connectivity index (χ1v) is 5.72. The summed E-state index contributed by atoms with van der Waals surface area (Å²) < 4.78 is 4.96. The first-order chi connectivity index (χ1) is 9.06. The number of aromatic nitrogens is 2. The van der Waals surface area contributed by atoms with Gasteiger partial charge in [0.1, 0.15) is 0 Å². The molecule has 1 heterocycles. The van der Waals surface area contributed by atoms with Gasteiger partial charge in [-0.25, -0.2) is 4.79 Å². The normalized spacial score (nSPS) is 10.4. The molecule has 0 atom stereocenters. The van der Waals surface area contributed by atoms with Gasteiger partial charge in [0.15, 0.2) is 5.82 Å². The number of nitrogens with one attached hydrogen (secondary N) is 1. The molecule has 0 saturated carbocycles. The molecule has 2 aromatic rings. The molecule has 7 nitrogen and oxygen atoms in total. The molecule has 0 spiro atoms. The summed E-state index contributed by atoms with van der Waals surface area (Å²) in [5.41, 5.74) is 6.79. The standard InChI is InChI=1S/C12H14N4O3/c1-7-15-11(19-16-7)4-5-14-10-6-8(13)2-3-9(10)12(17)18/h2-3,6,14H,4-5,13H2,1H3,(H,17,18). The maximum atomic E-state index is 11.0. The first-order valence-electron chi connectivity index (χ1n) is 5.72. The number of carbonyl (C=O) groups is 1. The van der Waals surface area contributed by atoms with Crippen molar-refractivity contribution >= 4 is 17.3 Å². The van der Waals surface area contributed by atoms with E-state index in [1.807, 2.05) is 0 Å². The Bertz CT molecular complexity index is 594. The highest BCUT2D eigenvalue weighted by Gasteiger charge is 2.10. The fourth-order valence-electron chi connectivity index (χ4n) is 1.64. The zero-order valence-corrected chi connectivity index (χ0v) is 10.4. The minimum absolute atomic E-state index is 0.177. The largest absolute Gasteiger partial charge is 0.478 e. The first kappa shape index (κ1) is 12.9. The van der Waals surface area contributed by atoms with Crippen LogP contribution in [-0.4, -0.2) is 27.8 Å². The highest BCUT2D eigenvalue weighted by Crippen LogP contribution is 2.19. The molecular weight excluding hydrogens is 248 g/mol. The summed E-state index contributed by atoms with van der Waals surface area (Å²) in [6, 6.07) is 4.61. The maximum Gasteiger partial charge on any atom is 0.337 e. The summed E-state index contributed by atoms with van der Waals surface area (Å²) in [7, 11) is 0. The van der Waals surface area contributed by atoms with Gasteiger partial charge in [-0.15, -0.1) is 0 Å². The van der Waals surface area contributed by atoms with Gasteiger partial charge < -0.3 is 20.7 Å². The van der Waals surface area contributed by atoms with Gasteiger partial charge >= 0.3 is 5.97 Å². The summed E-state index contributed by atoms with van der Waals surface area (Å²) in [6.45, 7) is 2.21. The van der Waals surface area contributed by atoms with Crippen LogP contribution in [0.4, 0.5) is 11.4 Å². The van der Waals surface area contributed by atoms with Crippen LogP contribution in [0.3, 0.4) is 0 Å². The Morgan fingerprint density at radius 1 is 1.53 bits per heavy atom. The number of aromatic carboxylic acids is 1. The second kappa shape index (κ2) is 5.38. The zero-order chi connectivity index (χ0) is 13.8. The van der Waals surface area contributed by atoms with E-state index in [1.54, 1.807) is 19.1 Å². The van der Waals surface area contributed by atoms with Crippen molar-refractivity contribution in [1.82, 2.24) is 10.1 Å². The van der Waals surface area contributed by atoms with Crippen molar-refractivity contribution in [3.05, 3.63) is 35.5 Å². The van der Waals surface area contributed by atoms with Crippen molar-refractivity contribution in [1.29, 1.82) is 0 Å². The number of rotatable bonds is 5. The minimum atomic E-state index is -1.00. The third kappa shape index (κ3) is 3.21. The van der Waals surface area contributed by atoms with E-state index in [-0.39, 0.29) is 5.56 Å². The van der Waals surface area contributed by atoms with Crippen LogP contribution >= 0.6 is 0 Å². The molecule has 2 rings (SSSR count). The Morgan fingerprint density at radius 3 is 2.95 bits per heavy atom. The molecule has 0 fully saturated rings. The third-order valence-corrected chi connectivity index (χ3v) is 2.50. The molecule has 100 valence electrons. The fraction of sp³-hybridized carbons (Fsp3) is 0.250. The number of carboxylic acid groups (broad SMARTS) is 1. The van der Waals surface area contributed by atoms with Crippen molar-refractivity contribution in [2.24, 2.45) is 0 Å². The molecule has 7 heteroatoms. The lowest BCUT2D eigenvalue weighted by atomic mass is 10.1. The number of nitrogen functional groups attached to an aromatic ring is 1. The number of anilines is 2. The molecule has 1 aromatic heterocycles. The fourth-order valence-corrected chi connectivity index (χ4v) is 1.64. The average molecular weight is 262 g/mol. The Kier molecular flexibility index (Phi) is 3.65. The molecule has 19 heavy (non-hydrogen) atoms. The van der Waals surface area contributed by atoms with Gasteiger partial charge in [-0.2, -0.15) is 4.98 Å². The lowest BCUT2D eigenvalue weighted by Gasteiger charge is -2.09. The molecule has 0 amide bonds. The Balaban J connectivity index is 2.02. The predicted octanol–water partition coefficient (Wildman–Crippen LogP) is 1.31. The van der Waals surface area contributed by atoms with Gasteiger partial charge in [0.2, 0.25) is 5.89 Å². The monoisotopic (exact) mass is 262 g/mol. The zero-order valence-electron chi connectivity index (χ0n) is 10.4. The van der Waals surface area contributed by atoms with Crippen LogP contribution in [0.15, 0.2) is 22.7 Å². The number of hydrogen-bond donors (Lipinski definition) is 3. The second-order valence-corrected chi connectivity index (χ2v) is 4.02. The maximum absolute atomic E-state index is 11.0. The number of hydrogen-bond acceptors (Lipinski definition) is 6. The van der Waals surface area contributed by atoms with Crippen LogP contribution in [0.1, 0.15) is 22.1 Å². The summed E-state index contributed by atoms with van der Waals surface area (Å²) in [4.78, 5) is 15.1. The number of benzene rings is 1. The topological polar surface area (TPSA) is 114 Å². The summed E-state index contributed by atoms with van der Waals surface area (Å²) in [5.74, 6) is 0.0760. The van der Waals surface area contributed by atoms with Gasteiger partial charge in [-0.3, -0.25) is 0 Å². The number of carboxylic acids is 1. The lowest BCUT2D eigenvalue weighted by molar-refractivity contribution is 0.0698. The Morgan fingerprint density at radius 2 is 2.32 bits per heavy atom. The van der Waals surface area contributed by atoms with Crippen LogP contribution in [0, 0.1) is 6.92 Å². The molecule has 1 aromatic carbocycles. The number of nitrogens with zero attached hydrogens (tertiary/aromatic N) is 2. The average Bonchev–Trinajstić information content (AvgIpc) is 2.75. The molecule has 0 saturated heterocycles. The van der Waals surface area contributed by atoms with Gasteiger partial charge in [-0.05, 0) is 25.1 Å². The highest BCUT2D eigenvalue weighted by atomic mass is 16.5. The second-order valence-electron chi connectivity index (χ2n) is 4.02. The van der Waals surface area contributed by atoms with Crippen molar-refractivity contribution in [2.45, 2.75) is 13.3 Å². The SMILES string of the molecule is Cc1noc(CCNc2cc(N)ccc2C(=O)O)n1. The molecule has 4 N–H and O–H groups in total. The summed E-state index contributed by atoms with van der Waals surface area (Å²) in [5, 5.41) is 15.7. The summed E-state index contributed by atoms with van der Waals surface area (Å²) >= 11 is 0. The van der Waals surface area contributed by atoms with E-state index in [9.17, 15) is 4.79 Å². The minimum Gasteiger partial charge on any atom is -0.478 e. The van der Waals surface area contributed by atoms with E-state index in [4.69, 9.17) is 15.4 Å². The van der Waals surface area contributed by atoms with E-state index in [0.29, 0.717) is 36.1 Å². The molecule has 0 bridgehead atoms. The number of nitrogens with two attached hydrogens (primary N) is 1. The van der Waals surface area contributed by atoms with Crippen LogP contribution in [0.25, 0.3) is 0 Å². The smallest absolute Gasteiger partial charge is 0.337 e. The van der Waals surface area contributed by atoms with E-state index in [2.05, 4.69) is 15.5 Å². The molecule has 0 unspecified atom stereocenters. The van der Waals surface area contributed by atoms with E-state index in [1.165, 1.54) is 6.07 Å². The van der Waals surface area contributed by atoms with E-state index >= 15 is 0 Å². The van der Waals surface area contributed by atoms with E-state index < -0.39 is 5.97 Å². The van der Waals surface area contributed by atoms with Crippen molar-refractivity contribution < 1.29 is 14.4 Å². The van der Waals surface area contributed by atoms with Crippen LogP contribution in [0.5, 0.6) is 0 Å². The molecular formula is C12H14N4O3. The predicted molar refractivity (Wildman–Crippen MR) is 69.0 cm³/mol. The number of aryl methyl sites for hydroxylation is 1. The quantitative estimate of drug-likeness (QED) is 0.696. The van der Waals surface area contributed by atoms with Crippen molar-refractivity contribution in [3.8, 4) is 0 Å². The highest BCUT2D eigenvalue weighted by molar-refractivity contribution is 5.95. The molecule has 0 aliphatic carbocycles. The molecule has 0 aliphatic rings. The lowest BCUT2D eigenvalue weighted by Crippen LogP contribution is -2.10. The van der Waals surface area contributed by atoms with Crippen LogP contribution in [-0.2, 0) is 6.42 Å². The molecule has 0 radical (unpaired) electrons. The van der Waals surface area contributed by atoms with Crippen LogP contribution < -0.4 is 11.1 Å². The summed E-state index contributed by atoms with van der Waals surface area (Å²) in [6.07, 6.45) is 0.509. The van der Waals surface area contributed by atoms with E-state index in [0.717, 1.165) is 0 Å². The van der Waals surface area contributed by atoms with Gasteiger partial charge in [-0.1, -0.05) is 5.16 Å². The van der Waals surface area contributed by atoms with Gasteiger partial charge in [0, 0.05) is 18.7 Å². The Hall–Kier alpha value is -2.57. The van der Waals surface area contributed by atoms with Crippen molar-refractivity contribution in [2.75, 3.05) is 17.6 Å². The van der Waals surface area contributed by atoms with Crippen LogP contribution in [0.2, 0.25) is 0 Å². The van der Waals surface area contributed by atoms with Gasteiger partial charge in [0.05, 0.1) is 11.3 Å². The Labute approximate surface area is 109 Å².